The van der Waals surface area contributed by atoms with Gasteiger partial charge in [-0.05, 0) is 35.4 Å². The van der Waals surface area contributed by atoms with Gasteiger partial charge in [0.2, 0.25) is 5.91 Å². The molecule has 2 unspecified atom stereocenters. The molecule has 0 N–H and O–H groups in total. The molecule has 1 amide bonds. The van der Waals surface area contributed by atoms with E-state index in [0.717, 1.165) is 35.8 Å². The molecular weight excluding hydrogens is 334 g/mol. The second-order valence-electron chi connectivity index (χ2n) is 8.29. The number of thioether (sulfide) groups is 1. The predicted molar refractivity (Wildman–Crippen MR) is 102 cm³/mol. The molecule has 1 saturated heterocycles. The summed E-state index contributed by atoms with van der Waals surface area (Å²) in [6, 6.07) is 6.07. The first-order chi connectivity index (χ1) is 11.8. The fraction of sp³-hybridized carbons (Fsp3) is 0.650. The van der Waals surface area contributed by atoms with E-state index in [2.05, 4.69) is 33.8 Å². The molecule has 3 rings (SSSR count). The molecule has 0 bridgehead atoms. The third-order valence-electron chi connectivity index (χ3n) is 4.55. The first kappa shape index (κ1) is 18.4. The Morgan fingerprint density at radius 3 is 2.72 bits per heavy atom. The van der Waals surface area contributed by atoms with Gasteiger partial charge in [0.25, 0.3) is 0 Å². The third-order valence-corrected chi connectivity index (χ3v) is 5.81. The minimum atomic E-state index is 0.0881. The third kappa shape index (κ3) is 4.63. The smallest absolute Gasteiger partial charge is 0.224 e. The molecule has 138 valence electrons. The number of hydrogen-bond acceptors (Lipinski definition) is 4. The Labute approximate surface area is 155 Å². The second-order valence-corrected chi connectivity index (χ2v) is 9.48. The van der Waals surface area contributed by atoms with Gasteiger partial charge in [0, 0.05) is 18.7 Å². The van der Waals surface area contributed by atoms with Gasteiger partial charge >= 0.3 is 0 Å². The average molecular weight is 364 g/mol. The number of fused-ring (bicyclic) bond motifs is 1. The van der Waals surface area contributed by atoms with Crippen LogP contribution in [0.5, 0.6) is 11.5 Å². The fourth-order valence-corrected chi connectivity index (χ4v) is 5.02. The molecule has 1 fully saturated rings. The van der Waals surface area contributed by atoms with E-state index in [1.807, 2.05) is 28.8 Å². The van der Waals surface area contributed by atoms with Crippen molar-refractivity contribution in [2.45, 2.75) is 45.9 Å². The highest BCUT2D eigenvalue weighted by atomic mass is 32.2. The number of amides is 1. The van der Waals surface area contributed by atoms with E-state index in [1.165, 1.54) is 0 Å². The second kappa shape index (κ2) is 7.48. The molecule has 5 heteroatoms. The van der Waals surface area contributed by atoms with Crippen molar-refractivity contribution >= 4 is 17.7 Å². The monoisotopic (exact) mass is 363 g/mol. The highest BCUT2D eigenvalue weighted by Gasteiger charge is 2.32. The summed E-state index contributed by atoms with van der Waals surface area (Å²) in [5.74, 6) is 3.25. The predicted octanol–water partition coefficient (Wildman–Crippen LogP) is 4.49. The molecule has 2 atom stereocenters. The number of rotatable bonds is 4. The standard InChI is InChI=1S/C20H29NO3S/c1-14(13-20(2,3)4)11-18(22)21-7-10-25-19(21)15-5-6-16-17(12-15)24-9-8-23-16/h5-6,12,14,19H,7-11,13H2,1-4H3. The van der Waals surface area contributed by atoms with Crippen LogP contribution in [0.3, 0.4) is 0 Å². The Balaban J connectivity index is 1.69. The Bertz CT molecular complexity index is 626. The van der Waals surface area contributed by atoms with Gasteiger partial charge in [-0.1, -0.05) is 33.8 Å². The quantitative estimate of drug-likeness (QED) is 0.790. The summed E-state index contributed by atoms with van der Waals surface area (Å²) in [6.45, 7) is 10.9. The van der Waals surface area contributed by atoms with Crippen LogP contribution in [0.4, 0.5) is 0 Å². The Kier molecular flexibility index (Phi) is 5.52. The van der Waals surface area contributed by atoms with E-state index in [9.17, 15) is 4.79 Å². The molecule has 0 radical (unpaired) electrons. The van der Waals surface area contributed by atoms with Crippen molar-refractivity contribution in [2.75, 3.05) is 25.5 Å². The maximum atomic E-state index is 12.9. The van der Waals surface area contributed by atoms with Gasteiger partial charge in [-0.15, -0.1) is 11.8 Å². The Hall–Kier alpha value is -1.36. The van der Waals surface area contributed by atoms with E-state index in [0.29, 0.717) is 25.6 Å². The molecule has 0 aromatic heterocycles. The zero-order valence-electron chi connectivity index (χ0n) is 15.7. The number of nitrogens with zero attached hydrogens (tertiary/aromatic N) is 1. The highest BCUT2D eigenvalue weighted by Crippen LogP contribution is 2.42. The van der Waals surface area contributed by atoms with Crippen molar-refractivity contribution in [3.05, 3.63) is 23.8 Å². The summed E-state index contributed by atoms with van der Waals surface area (Å²) in [4.78, 5) is 14.9. The first-order valence-corrected chi connectivity index (χ1v) is 10.2. The molecule has 4 nitrogen and oxygen atoms in total. The molecule has 2 aliphatic heterocycles. The van der Waals surface area contributed by atoms with Crippen molar-refractivity contribution in [3.8, 4) is 11.5 Å². The summed E-state index contributed by atoms with van der Waals surface area (Å²) in [5.41, 5.74) is 1.39. The zero-order chi connectivity index (χ0) is 18.0. The van der Waals surface area contributed by atoms with Crippen molar-refractivity contribution in [2.24, 2.45) is 11.3 Å². The van der Waals surface area contributed by atoms with Crippen molar-refractivity contribution < 1.29 is 14.3 Å². The van der Waals surface area contributed by atoms with Crippen LogP contribution in [0.1, 0.15) is 51.5 Å². The minimum absolute atomic E-state index is 0.0881. The van der Waals surface area contributed by atoms with Gasteiger partial charge in [-0.2, -0.15) is 0 Å². The number of hydrogen-bond donors (Lipinski definition) is 0. The molecule has 25 heavy (non-hydrogen) atoms. The number of carbonyl (C=O) groups excluding carboxylic acids is 1. The largest absolute Gasteiger partial charge is 0.486 e. The number of carbonyl (C=O) groups is 1. The van der Waals surface area contributed by atoms with Crippen LogP contribution in [0.15, 0.2) is 18.2 Å². The van der Waals surface area contributed by atoms with Crippen LogP contribution in [-0.2, 0) is 4.79 Å². The summed E-state index contributed by atoms with van der Waals surface area (Å²) in [7, 11) is 0. The molecule has 1 aromatic rings. The van der Waals surface area contributed by atoms with Crippen LogP contribution < -0.4 is 9.47 Å². The van der Waals surface area contributed by atoms with Gasteiger partial charge in [0.1, 0.15) is 18.6 Å². The van der Waals surface area contributed by atoms with E-state index in [-0.39, 0.29) is 16.7 Å². The van der Waals surface area contributed by atoms with E-state index in [1.54, 1.807) is 0 Å². The average Bonchev–Trinajstić information content (AvgIpc) is 3.02. The Morgan fingerprint density at radius 2 is 2.00 bits per heavy atom. The van der Waals surface area contributed by atoms with Crippen molar-refractivity contribution in [3.63, 3.8) is 0 Å². The summed E-state index contributed by atoms with van der Waals surface area (Å²) >= 11 is 1.83. The maximum Gasteiger partial charge on any atom is 0.224 e. The van der Waals surface area contributed by atoms with Gasteiger partial charge in [0.05, 0.1) is 0 Å². The van der Waals surface area contributed by atoms with Crippen molar-refractivity contribution in [1.29, 1.82) is 0 Å². The van der Waals surface area contributed by atoms with Crippen LogP contribution >= 0.6 is 11.8 Å². The lowest BCUT2D eigenvalue weighted by Gasteiger charge is -2.28. The van der Waals surface area contributed by atoms with Gasteiger partial charge in [-0.25, -0.2) is 0 Å². The summed E-state index contributed by atoms with van der Waals surface area (Å²) in [6.07, 6.45) is 1.69. The van der Waals surface area contributed by atoms with Gasteiger partial charge < -0.3 is 14.4 Å². The molecule has 1 aromatic carbocycles. The van der Waals surface area contributed by atoms with Crippen LogP contribution in [-0.4, -0.2) is 36.3 Å². The molecule has 0 saturated carbocycles. The summed E-state index contributed by atoms with van der Waals surface area (Å²) in [5, 5.41) is 0.0881. The molecule has 0 aliphatic carbocycles. The van der Waals surface area contributed by atoms with E-state index >= 15 is 0 Å². The van der Waals surface area contributed by atoms with Crippen molar-refractivity contribution in [1.82, 2.24) is 4.90 Å². The number of benzene rings is 1. The molecular formula is C20H29NO3S. The lowest BCUT2D eigenvalue weighted by molar-refractivity contribution is -0.132. The zero-order valence-corrected chi connectivity index (χ0v) is 16.5. The van der Waals surface area contributed by atoms with Gasteiger partial charge in [-0.3, -0.25) is 4.79 Å². The minimum Gasteiger partial charge on any atom is -0.486 e. The normalized spacial score (nSPS) is 21.3. The number of ether oxygens (including phenoxy) is 2. The topological polar surface area (TPSA) is 38.8 Å². The Morgan fingerprint density at radius 1 is 1.28 bits per heavy atom. The molecule has 0 spiro atoms. The molecule has 2 heterocycles. The first-order valence-electron chi connectivity index (χ1n) is 9.14. The fourth-order valence-electron chi connectivity index (χ4n) is 3.75. The van der Waals surface area contributed by atoms with Gasteiger partial charge in [0.15, 0.2) is 11.5 Å². The van der Waals surface area contributed by atoms with E-state index in [4.69, 9.17) is 9.47 Å². The maximum absolute atomic E-state index is 12.9. The molecule has 2 aliphatic rings. The van der Waals surface area contributed by atoms with Crippen LogP contribution in [0, 0.1) is 11.3 Å². The SMILES string of the molecule is CC(CC(=O)N1CCSC1c1ccc2c(c1)OCCO2)CC(C)(C)C. The van der Waals surface area contributed by atoms with Crippen LogP contribution in [0.25, 0.3) is 0 Å². The lowest BCUT2D eigenvalue weighted by atomic mass is 9.84. The highest BCUT2D eigenvalue weighted by molar-refractivity contribution is 7.99. The van der Waals surface area contributed by atoms with E-state index < -0.39 is 0 Å². The lowest BCUT2D eigenvalue weighted by Crippen LogP contribution is -2.32. The van der Waals surface area contributed by atoms with Crippen LogP contribution in [0.2, 0.25) is 0 Å². The summed E-state index contributed by atoms with van der Waals surface area (Å²) < 4.78 is 11.3.